The number of carbonyl (C=O) groups is 1. The van der Waals surface area contributed by atoms with Gasteiger partial charge in [-0.1, -0.05) is 23.7 Å². The smallest absolute Gasteiger partial charge is 0.378 e. The fourth-order valence-electron chi connectivity index (χ4n) is 2.57. The van der Waals surface area contributed by atoms with Gasteiger partial charge in [-0.15, -0.1) is 0 Å². The molecule has 2 aromatic rings. The number of cyclic esters (lactones) is 1. The quantitative estimate of drug-likeness (QED) is 0.830. The van der Waals surface area contributed by atoms with E-state index in [0.29, 0.717) is 27.7 Å². The molecule has 2 N–H and O–H groups in total. The molecule has 0 fully saturated rings. The van der Waals surface area contributed by atoms with Gasteiger partial charge in [0.2, 0.25) is 5.76 Å². The van der Waals surface area contributed by atoms with Crippen molar-refractivity contribution in [1.29, 1.82) is 0 Å². The Balaban J connectivity index is 2.20. The second-order valence-corrected chi connectivity index (χ2v) is 5.57. The molecule has 1 atom stereocenters. The molecule has 1 aromatic heterocycles. The van der Waals surface area contributed by atoms with E-state index >= 15 is 0 Å². The molecule has 1 aromatic carbocycles. The minimum absolute atomic E-state index is 0.329. The number of halogens is 1. The number of rotatable bonds is 3. The van der Waals surface area contributed by atoms with Crippen LogP contribution in [0.5, 0.6) is 5.75 Å². The lowest BCUT2D eigenvalue weighted by Gasteiger charge is -2.26. The molecule has 1 unspecified atom stereocenters. The Morgan fingerprint density at radius 1 is 1.30 bits per heavy atom. The Hall–Kier alpha value is -2.60. The van der Waals surface area contributed by atoms with E-state index in [2.05, 4.69) is 0 Å². The standard InChI is InChI=1S/C16H13ClO6/c1-16(14(19)12(18)15(20)23-16)10-5-3-4-9(13(10)21-2)11-6-8(17)7-22-11/h3-7,18-19H,1-2H3. The number of furan rings is 1. The van der Waals surface area contributed by atoms with Crippen molar-refractivity contribution < 1.29 is 28.9 Å². The maximum atomic E-state index is 11.6. The van der Waals surface area contributed by atoms with Gasteiger partial charge in [-0.2, -0.15) is 0 Å². The van der Waals surface area contributed by atoms with Crippen molar-refractivity contribution in [3.63, 3.8) is 0 Å². The molecule has 7 heteroatoms. The number of ether oxygens (including phenoxy) is 2. The van der Waals surface area contributed by atoms with Gasteiger partial charge in [-0.3, -0.25) is 0 Å². The van der Waals surface area contributed by atoms with Crippen LogP contribution in [0.1, 0.15) is 12.5 Å². The number of benzene rings is 1. The van der Waals surface area contributed by atoms with Crippen LogP contribution in [0.25, 0.3) is 11.3 Å². The lowest BCUT2D eigenvalue weighted by atomic mass is 9.91. The summed E-state index contributed by atoms with van der Waals surface area (Å²) >= 11 is 5.88. The van der Waals surface area contributed by atoms with E-state index in [9.17, 15) is 15.0 Å². The molecule has 0 aliphatic carbocycles. The number of methoxy groups -OCH3 is 1. The summed E-state index contributed by atoms with van der Waals surface area (Å²) in [4.78, 5) is 11.6. The number of aliphatic hydroxyl groups excluding tert-OH is 2. The first kappa shape index (κ1) is 15.3. The molecule has 23 heavy (non-hydrogen) atoms. The van der Waals surface area contributed by atoms with E-state index in [0.717, 1.165) is 0 Å². The molecule has 0 radical (unpaired) electrons. The molecule has 6 nitrogen and oxygen atoms in total. The molecule has 0 saturated heterocycles. The van der Waals surface area contributed by atoms with Crippen molar-refractivity contribution in [3.8, 4) is 17.1 Å². The molecule has 0 bridgehead atoms. The molecule has 0 spiro atoms. The van der Waals surface area contributed by atoms with Gasteiger partial charge >= 0.3 is 5.97 Å². The van der Waals surface area contributed by atoms with Gasteiger partial charge in [-0.25, -0.2) is 4.79 Å². The third-order valence-corrected chi connectivity index (χ3v) is 3.93. The number of esters is 1. The summed E-state index contributed by atoms with van der Waals surface area (Å²) in [5.41, 5.74) is -0.632. The van der Waals surface area contributed by atoms with Gasteiger partial charge in [0.05, 0.1) is 17.7 Å². The normalized spacial score (nSPS) is 20.7. The first-order chi connectivity index (χ1) is 10.9. The summed E-state index contributed by atoms with van der Waals surface area (Å²) in [6, 6.07) is 6.65. The average Bonchev–Trinajstić information content (AvgIpc) is 3.05. The third kappa shape index (κ3) is 2.22. The molecule has 2 heterocycles. The number of hydrogen-bond acceptors (Lipinski definition) is 6. The Labute approximate surface area is 136 Å². The Kier molecular flexibility index (Phi) is 3.49. The lowest BCUT2D eigenvalue weighted by Crippen LogP contribution is -2.26. The van der Waals surface area contributed by atoms with Crippen LogP contribution in [0.3, 0.4) is 0 Å². The van der Waals surface area contributed by atoms with E-state index in [1.807, 2.05) is 0 Å². The zero-order chi connectivity index (χ0) is 16.8. The highest BCUT2D eigenvalue weighted by Crippen LogP contribution is 2.46. The molecule has 1 aliphatic heterocycles. The van der Waals surface area contributed by atoms with Crippen LogP contribution in [0.4, 0.5) is 0 Å². The van der Waals surface area contributed by atoms with Gasteiger partial charge in [0.15, 0.2) is 11.4 Å². The van der Waals surface area contributed by atoms with E-state index in [1.54, 1.807) is 24.3 Å². The molecular weight excluding hydrogens is 324 g/mol. The first-order valence-corrected chi connectivity index (χ1v) is 7.04. The van der Waals surface area contributed by atoms with Crippen molar-refractivity contribution in [2.24, 2.45) is 0 Å². The topological polar surface area (TPSA) is 89.1 Å². The number of aliphatic hydroxyl groups is 2. The zero-order valence-electron chi connectivity index (χ0n) is 12.3. The fourth-order valence-corrected chi connectivity index (χ4v) is 2.71. The van der Waals surface area contributed by atoms with Crippen LogP contribution in [0.2, 0.25) is 5.02 Å². The number of hydrogen-bond donors (Lipinski definition) is 2. The SMILES string of the molecule is COc1c(-c2cc(Cl)co2)cccc1C1(C)OC(=O)C(O)=C1O. The second-order valence-electron chi connectivity index (χ2n) is 5.14. The van der Waals surface area contributed by atoms with Gasteiger partial charge in [-0.05, 0) is 13.0 Å². The summed E-state index contributed by atoms with van der Waals surface area (Å²) in [7, 11) is 1.44. The maximum Gasteiger partial charge on any atom is 0.378 e. The van der Waals surface area contributed by atoms with Gasteiger partial charge in [0.25, 0.3) is 0 Å². The largest absolute Gasteiger partial charge is 0.505 e. The summed E-state index contributed by atoms with van der Waals surface area (Å²) in [6.07, 6.45) is 1.38. The van der Waals surface area contributed by atoms with Crippen molar-refractivity contribution >= 4 is 17.6 Å². The molecule has 0 amide bonds. The van der Waals surface area contributed by atoms with Crippen LogP contribution < -0.4 is 4.74 Å². The average molecular weight is 337 g/mol. The Bertz CT molecular complexity index is 822. The fraction of sp³-hybridized carbons (Fsp3) is 0.188. The van der Waals surface area contributed by atoms with E-state index in [-0.39, 0.29) is 0 Å². The molecule has 1 aliphatic rings. The van der Waals surface area contributed by atoms with Gasteiger partial charge in [0.1, 0.15) is 17.8 Å². The summed E-state index contributed by atoms with van der Waals surface area (Å²) < 4.78 is 15.9. The molecular formula is C16H13ClO6. The van der Waals surface area contributed by atoms with Crippen molar-refractivity contribution in [2.45, 2.75) is 12.5 Å². The van der Waals surface area contributed by atoms with Gasteiger partial charge in [0, 0.05) is 11.6 Å². The zero-order valence-corrected chi connectivity index (χ0v) is 13.0. The van der Waals surface area contributed by atoms with E-state index in [1.165, 1.54) is 20.3 Å². The van der Waals surface area contributed by atoms with Crippen molar-refractivity contribution in [1.82, 2.24) is 0 Å². The monoisotopic (exact) mass is 336 g/mol. The second kappa shape index (κ2) is 5.24. The molecule has 120 valence electrons. The van der Waals surface area contributed by atoms with Crippen LogP contribution >= 0.6 is 11.6 Å². The highest BCUT2D eigenvalue weighted by molar-refractivity contribution is 6.30. The lowest BCUT2D eigenvalue weighted by molar-refractivity contribution is -0.149. The molecule has 3 rings (SSSR count). The summed E-state index contributed by atoms with van der Waals surface area (Å²) in [5.74, 6) is -1.61. The van der Waals surface area contributed by atoms with Crippen LogP contribution in [-0.2, 0) is 15.1 Å². The minimum Gasteiger partial charge on any atom is -0.505 e. The highest BCUT2D eigenvalue weighted by atomic mass is 35.5. The van der Waals surface area contributed by atoms with Gasteiger partial charge < -0.3 is 24.1 Å². The summed E-state index contributed by atoms with van der Waals surface area (Å²) in [5, 5.41) is 20.1. The van der Waals surface area contributed by atoms with E-state index < -0.39 is 23.1 Å². The number of para-hydroxylation sites is 1. The van der Waals surface area contributed by atoms with Crippen LogP contribution in [-0.4, -0.2) is 23.3 Å². The van der Waals surface area contributed by atoms with Crippen LogP contribution in [0.15, 0.2) is 46.5 Å². The van der Waals surface area contributed by atoms with E-state index in [4.69, 9.17) is 25.5 Å². The van der Waals surface area contributed by atoms with Crippen LogP contribution in [0, 0.1) is 0 Å². The summed E-state index contributed by atoms with van der Waals surface area (Å²) in [6.45, 7) is 1.46. The maximum absolute atomic E-state index is 11.6. The molecule has 0 saturated carbocycles. The minimum atomic E-state index is -1.56. The predicted octanol–water partition coefficient (Wildman–Crippen LogP) is 3.71. The Morgan fingerprint density at radius 3 is 2.57 bits per heavy atom. The number of carbonyl (C=O) groups excluding carboxylic acids is 1. The predicted molar refractivity (Wildman–Crippen MR) is 81.4 cm³/mol. The third-order valence-electron chi connectivity index (χ3n) is 3.73. The first-order valence-electron chi connectivity index (χ1n) is 6.66. The van der Waals surface area contributed by atoms with Crippen molar-refractivity contribution in [3.05, 3.63) is 52.6 Å². The Morgan fingerprint density at radius 2 is 2.04 bits per heavy atom. The van der Waals surface area contributed by atoms with Crippen molar-refractivity contribution in [2.75, 3.05) is 7.11 Å². The highest BCUT2D eigenvalue weighted by Gasteiger charge is 2.48.